The highest BCUT2D eigenvalue weighted by Gasteiger charge is 2.52. The Kier molecular flexibility index (Phi) is 2.04. The van der Waals surface area contributed by atoms with Crippen LogP contribution in [0.2, 0.25) is 0 Å². The summed E-state index contributed by atoms with van der Waals surface area (Å²) in [6.45, 7) is 0. The first kappa shape index (κ1) is 9.21. The fourth-order valence-electron chi connectivity index (χ4n) is 2.08. The summed E-state index contributed by atoms with van der Waals surface area (Å²) in [6.07, 6.45) is 1.44. The van der Waals surface area contributed by atoms with Crippen molar-refractivity contribution in [2.75, 3.05) is 0 Å². The first-order chi connectivity index (χ1) is 6.68. The van der Waals surface area contributed by atoms with Crippen LogP contribution in [0.4, 0.5) is 0 Å². The summed E-state index contributed by atoms with van der Waals surface area (Å²) < 4.78 is 0. The van der Waals surface area contributed by atoms with Crippen LogP contribution in [0.25, 0.3) is 0 Å². The second-order valence-electron chi connectivity index (χ2n) is 3.79. The van der Waals surface area contributed by atoms with Gasteiger partial charge in [-0.05, 0) is 18.4 Å². The molecule has 2 rings (SSSR count). The molecule has 1 aromatic carbocycles. The largest absolute Gasteiger partial charge is 0.481 e. The van der Waals surface area contributed by atoms with Gasteiger partial charge in [-0.15, -0.1) is 0 Å². The third-order valence-corrected chi connectivity index (χ3v) is 3.15. The number of aliphatic carboxylic acids is 1. The van der Waals surface area contributed by atoms with Gasteiger partial charge < -0.3 is 10.8 Å². The lowest BCUT2D eigenvalue weighted by Gasteiger charge is -2.44. The maximum atomic E-state index is 11.2. The van der Waals surface area contributed by atoms with E-state index in [2.05, 4.69) is 0 Å². The van der Waals surface area contributed by atoms with Crippen LogP contribution < -0.4 is 5.73 Å². The molecule has 0 aliphatic heterocycles. The predicted molar refractivity (Wildman–Crippen MR) is 53.0 cm³/mol. The molecule has 0 amide bonds. The molecule has 0 spiro atoms. The van der Waals surface area contributed by atoms with Crippen molar-refractivity contribution >= 4 is 5.97 Å². The van der Waals surface area contributed by atoms with E-state index in [4.69, 9.17) is 5.73 Å². The molecule has 74 valence electrons. The van der Waals surface area contributed by atoms with Crippen LogP contribution >= 0.6 is 0 Å². The Morgan fingerprint density at radius 2 is 2.07 bits per heavy atom. The van der Waals surface area contributed by atoms with E-state index >= 15 is 0 Å². The van der Waals surface area contributed by atoms with Gasteiger partial charge in [-0.2, -0.15) is 0 Å². The Hall–Kier alpha value is -1.35. The number of carboxylic acids is 1. The zero-order valence-electron chi connectivity index (χ0n) is 7.81. The predicted octanol–water partition coefficient (Wildman–Crippen LogP) is 1.13. The summed E-state index contributed by atoms with van der Waals surface area (Å²) in [6, 6.07) is 9.02. The van der Waals surface area contributed by atoms with Crippen molar-refractivity contribution in [2.24, 2.45) is 5.73 Å². The van der Waals surface area contributed by atoms with E-state index in [1.165, 1.54) is 0 Å². The van der Waals surface area contributed by atoms with Crippen LogP contribution in [-0.2, 0) is 10.2 Å². The maximum absolute atomic E-state index is 11.2. The van der Waals surface area contributed by atoms with Crippen molar-refractivity contribution in [3.63, 3.8) is 0 Å². The average molecular weight is 191 g/mol. The zero-order valence-corrected chi connectivity index (χ0v) is 7.81. The number of hydrogen-bond donors (Lipinski definition) is 2. The maximum Gasteiger partial charge on any atom is 0.315 e. The lowest BCUT2D eigenvalue weighted by Crippen LogP contribution is -2.59. The van der Waals surface area contributed by atoms with Crippen LogP contribution in [0.5, 0.6) is 0 Å². The Balaban J connectivity index is 2.43. The number of carbonyl (C=O) groups is 1. The smallest absolute Gasteiger partial charge is 0.315 e. The molecule has 1 saturated carbocycles. The summed E-state index contributed by atoms with van der Waals surface area (Å²) in [5, 5.41) is 9.23. The summed E-state index contributed by atoms with van der Waals surface area (Å²) in [4.78, 5) is 11.2. The van der Waals surface area contributed by atoms with Gasteiger partial charge in [0.2, 0.25) is 0 Å². The topological polar surface area (TPSA) is 63.3 Å². The van der Waals surface area contributed by atoms with E-state index in [0.29, 0.717) is 6.42 Å². The first-order valence-electron chi connectivity index (χ1n) is 4.72. The normalized spacial score (nSPS) is 30.8. The van der Waals surface area contributed by atoms with Gasteiger partial charge in [-0.3, -0.25) is 4.79 Å². The van der Waals surface area contributed by atoms with Gasteiger partial charge in [0.25, 0.3) is 0 Å². The molecule has 0 saturated heterocycles. The number of hydrogen-bond acceptors (Lipinski definition) is 2. The molecule has 0 heterocycles. The molecule has 3 heteroatoms. The first-order valence-corrected chi connectivity index (χ1v) is 4.72. The van der Waals surface area contributed by atoms with Gasteiger partial charge in [0.05, 0.1) is 0 Å². The van der Waals surface area contributed by atoms with Crippen LogP contribution in [0, 0.1) is 0 Å². The summed E-state index contributed by atoms with van der Waals surface area (Å²) in [7, 11) is 0. The Morgan fingerprint density at radius 1 is 1.43 bits per heavy atom. The lowest BCUT2D eigenvalue weighted by molar-refractivity contribution is -0.148. The highest BCUT2D eigenvalue weighted by atomic mass is 16.4. The number of rotatable bonds is 2. The van der Waals surface area contributed by atoms with Gasteiger partial charge in [0.1, 0.15) is 5.41 Å². The van der Waals surface area contributed by atoms with Crippen LogP contribution in [0.3, 0.4) is 0 Å². The van der Waals surface area contributed by atoms with Crippen molar-refractivity contribution in [3.05, 3.63) is 35.9 Å². The minimum absolute atomic E-state index is 0.248. The van der Waals surface area contributed by atoms with E-state index in [-0.39, 0.29) is 6.04 Å². The van der Waals surface area contributed by atoms with E-state index in [9.17, 15) is 9.90 Å². The van der Waals surface area contributed by atoms with Crippen molar-refractivity contribution in [2.45, 2.75) is 24.3 Å². The summed E-state index contributed by atoms with van der Waals surface area (Å²) in [5.41, 5.74) is 5.80. The monoisotopic (exact) mass is 191 g/mol. The molecular weight excluding hydrogens is 178 g/mol. The molecule has 1 fully saturated rings. The standard InChI is InChI=1S/C11H13NO2/c12-9-6-7-11(9,10(13)14)8-4-2-1-3-5-8/h1-5,9H,6-7,12H2,(H,13,14). The fraction of sp³-hybridized carbons (Fsp3) is 0.364. The zero-order chi connectivity index (χ0) is 10.2. The van der Waals surface area contributed by atoms with Crippen LogP contribution in [0.1, 0.15) is 18.4 Å². The molecule has 1 aliphatic rings. The second-order valence-corrected chi connectivity index (χ2v) is 3.79. The fourth-order valence-corrected chi connectivity index (χ4v) is 2.08. The molecule has 2 atom stereocenters. The van der Waals surface area contributed by atoms with Gasteiger partial charge >= 0.3 is 5.97 Å². The molecular formula is C11H13NO2. The molecule has 0 bridgehead atoms. The molecule has 3 nitrogen and oxygen atoms in total. The minimum atomic E-state index is -0.832. The van der Waals surface area contributed by atoms with Gasteiger partial charge in [0, 0.05) is 6.04 Å². The third kappa shape index (κ3) is 1.06. The van der Waals surface area contributed by atoms with Crippen LogP contribution in [0.15, 0.2) is 30.3 Å². The third-order valence-electron chi connectivity index (χ3n) is 3.15. The summed E-state index contributed by atoms with van der Waals surface area (Å²) >= 11 is 0. The molecule has 2 unspecified atom stereocenters. The van der Waals surface area contributed by atoms with E-state index in [0.717, 1.165) is 12.0 Å². The van der Waals surface area contributed by atoms with E-state index in [1.54, 1.807) is 0 Å². The van der Waals surface area contributed by atoms with Crippen molar-refractivity contribution in [3.8, 4) is 0 Å². The van der Waals surface area contributed by atoms with Crippen molar-refractivity contribution in [1.82, 2.24) is 0 Å². The van der Waals surface area contributed by atoms with Crippen molar-refractivity contribution in [1.29, 1.82) is 0 Å². The number of benzene rings is 1. The van der Waals surface area contributed by atoms with Crippen molar-refractivity contribution < 1.29 is 9.90 Å². The Labute approximate surface area is 82.5 Å². The highest BCUT2D eigenvalue weighted by molar-refractivity contribution is 5.84. The molecule has 1 aliphatic carbocycles. The number of carboxylic acid groups (broad SMARTS) is 1. The van der Waals surface area contributed by atoms with E-state index < -0.39 is 11.4 Å². The number of nitrogens with two attached hydrogens (primary N) is 1. The molecule has 14 heavy (non-hydrogen) atoms. The second kappa shape index (κ2) is 3.10. The lowest BCUT2D eigenvalue weighted by atomic mass is 9.61. The molecule has 1 aromatic rings. The highest BCUT2D eigenvalue weighted by Crippen LogP contribution is 2.42. The quantitative estimate of drug-likeness (QED) is 0.736. The van der Waals surface area contributed by atoms with Gasteiger partial charge in [-0.25, -0.2) is 0 Å². The molecule has 3 N–H and O–H groups in total. The molecule has 0 aromatic heterocycles. The Morgan fingerprint density at radius 3 is 2.43 bits per heavy atom. The van der Waals surface area contributed by atoms with Crippen LogP contribution in [-0.4, -0.2) is 17.1 Å². The average Bonchev–Trinajstić information content (AvgIpc) is 2.17. The molecule has 0 radical (unpaired) electrons. The summed E-state index contributed by atoms with van der Waals surface area (Å²) in [5.74, 6) is -0.803. The van der Waals surface area contributed by atoms with E-state index in [1.807, 2.05) is 30.3 Å². The SMILES string of the molecule is NC1CCC1(C(=O)O)c1ccccc1. The Bertz CT molecular complexity index is 350. The van der Waals surface area contributed by atoms with Gasteiger partial charge in [0.15, 0.2) is 0 Å². The minimum Gasteiger partial charge on any atom is -0.481 e. The van der Waals surface area contributed by atoms with Gasteiger partial charge in [-0.1, -0.05) is 30.3 Å².